The highest BCUT2D eigenvalue weighted by molar-refractivity contribution is 5.92. The maximum atomic E-state index is 13.6. The van der Waals surface area contributed by atoms with Crippen molar-refractivity contribution in [2.24, 2.45) is 0 Å². The zero-order valence-corrected chi connectivity index (χ0v) is 11.8. The van der Waals surface area contributed by atoms with Crippen molar-refractivity contribution < 1.29 is 9.18 Å². The molecule has 5 heteroatoms. The number of aryl methyl sites for hydroxylation is 1. The number of aromatic amines is 1. The van der Waals surface area contributed by atoms with E-state index < -0.39 is 0 Å². The predicted octanol–water partition coefficient (Wildman–Crippen LogP) is 2.78. The van der Waals surface area contributed by atoms with Crippen molar-refractivity contribution in [1.82, 2.24) is 9.88 Å². The summed E-state index contributed by atoms with van der Waals surface area (Å²) in [6.45, 7) is 2.34. The van der Waals surface area contributed by atoms with Crippen LogP contribution in [0.4, 0.5) is 10.1 Å². The van der Waals surface area contributed by atoms with Gasteiger partial charge in [-0.25, -0.2) is 4.39 Å². The number of nitrogens with zero attached hydrogens (tertiary/aromatic N) is 1. The molecular weight excluding hydrogens is 257 g/mol. The Bertz CT molecular complexity index is 619. The van der Waals surface area contributed by atoms with Crippen LogP contribution < -0.4 is 5.32 Å². The smallest absolute Gasteiger partial charge is 0.269 e. The van der Waals surface area contributed by atoms with Crippen LogP contribution >= 0.6 is 0 Å². The summed E-state index contributed by atoms with van der Waals surface area (Å²) in [5.41, 5.74) is 2.80. The fraction of sp³-hybridized carbons (Fsp3) is 0.267. The molecule has 0 radical (unpaired) electrons. The summed E-state index contributed by atoms with van der Waals surface area (Å²) in [5.74, 6) is -0.371. The first-order valence-corrected chi connectivity index (χ1v) is 6.37. The van der Waals surface area contributed by atoms with Gasteiger partial charge in [0.2, 0.25) is 0 Å². The van der Waals surface area contributed by atoms with E-state index in [1.807, 2.05) is 13.0 Å². The zero-order valence-electron chi connectivity index (χ0n) is 11.8. The standard InChI is InChI=1S/C15H18FN3O/c1-10-4-6-12(16)14(8-10)17-9-11-5-7-13(18-11)15(20)19(2)3/h4-8,17-18H,9H2,1-3H3. The summed E-state index contributed by atoms with van der Waals surface area (Å²) in [4.78, 5) is 16.3. The lowest BCUT2D eigenvalue weighted by Crippen LogP contribution is -2.22. The molecule has 1 heterocycles. The molecule has 2 rings (SSSR count). The SMILES string of the molecule is Cc1ccc(F)c(NCc2ccc(C(=O)N(C)C)[nH]2)c1. The van der Waals surface area contributed by atoms with Crippen LogP contribution in [0.2, 0.25) is 0 Å². The van der Waals surface area contributed by atoms with Gasteiger partial charge in [-0.1, -0.05) is 6.07 Å². The molecule has 0 unspecified atom stereocenters. The minimum atomic E-state index is -0.285. The molecule has 20 heavy (non-hydrogen) atoms. The molecule has 1 aromatic heterocycles. The van der Waals surface area contributed by atoms with Crippen molar-refractivity contribution in [1.29, 1.82) is 0 Å². The lowest BCUT2D eigenvalue weighted by atomic mass is 10.2. The van der Waals surface area contributed by atoms with Crippen LogP contribution in [-0.2, 0) is 6.54 Å². The summed E-state index contributed by atoms with van der Waals surface area (Å²) < 4.78 is 13.6. The number of benzene rings is 1. The van der Waals surface area contributed by atoms with Crippen molar-refractivity contribution in [2.75, 3.05) is 19.4 Å². The third-order valence-electron chi connectivity index (χ3n) is 2.97. The molecule has 4 nitrogen and oxygen atoms in total. The van der Waals surface area contributed by atoms with Gasteiger partial charge in [0.1, 0.15) is 11.5 Å². The van der Waals surface area contributed by atoms with Gasteiger partial charge in [-0.2, -0.15) is 0 Å². The van der Waals surface area contributed by atoms with Crippen molar-refractivity contribution >= 4 is 11.6 Å². The number of carbonyl (C=O) groups excluding carboxylic acids is 1. The number of carbonyl (C=O) groups is 1. The number of rotatable bonds is 4. The molecule has 2 N–H and O–H groups in total. The van der Waals surface area contributed by atoms with Crippen LogP contribution in [0.1, 0.15) is 21.7 Å². The Kier molecular flexibility index (Phi) is 4.08. The van der Waals surface area contributed by atoms with E-state index in [2.05, 4.69) is 10.3 Å². The number of anilines is 1. The zero-order chi connectivity index (χ0) is 14.7. The number of hydrogen-bond donors (Lipinski definition) is 2. The van der Waals surface area contributed by atoms with Gasteiger partial charge in [0.05, 0.1) is 12.2 Å². The summed E-state index contributed by atoms with van der Waals surface area (Å²) in [5, 5.41) is 3.02. The molecule has 0 aliphatic carbocycles. The van der Waals surface area contributed by atoms with E-state index in [1.165, 1.54) is 11.0 Å². The van der Waals surface area contributed by atoms with Gasteiger partial charge < -0.3 is 15.2 Å². The van der Waals surface area contributed by atoms with E-state index in [9.17, 15) is 9.18 Å². The predicted molar refractivity (Wildman–Crippen MR) is 77.3 cm³/mol. The van der Waals surface area contributed by atoms with Crippen molar-refractivity contribution in [2.45, 2.75) is 13.5 Å². The topological polar surface area (TPSA) is 48.1 Å². The van der Waals surface area contributed by atoms with Crippen LogP contribution in [0.25, 0.3) is 0 Å². The third kappa shape index (κ3) is 3.17. The number of hydrogen-bond acceptors (Lipinski definition) is 2. The van der Waals surface area contributed by atoms with E-state index in [0.717, 1.165) is 11.3 Å². The maximum Gasteiger partial charge on any atom is 0.269 e. The maximum absolute atomic E-state index is 13.6. The van der Waals surface area contributed by atoms with E-state index in [-0.39, 0.29) is 11.7 Å². The van der Waals surface area contributed by atoms with Gasteiger partial charge in [-0.15, -0.1) is 0 Å². The first kappa shape index (κ1) is 14.1. The van der Waals surface area contributed by atoms with E-state index in [1.54, 1.807) is 32.3 Å². The van der Waals surface area contributed by atoms with E-state index in [4.69, 9.17) is 0 Å². The minimum Gasteiger partial charge on any atom is -0.377 e. The lowest BCUT2D eigenvalue weighted by molar-refractivity contribution is 0.0822. The summed E-state index contributed by atoms with van der Waals surface area (Å²) in [7, 11) is 3.40. The van der Waals surface area contributed by atoms with Gasteiger partial charge in [-0.3, -0.25) is 4.79 Å². The average Bonchev–Trinajstić information content (AvgIpc) is 2.87. The third-order valence-corrected chi connectivity index (χ3v) is 2.97. The number of amides is 1. The van der Waals surface area contributed by atoms with Gasteiger partial charge in [0.15, 0.2) is 0 Å². The molecule has 0 saturated carbocycles. The normalized spacial score (nSPS) is 10.4. The molecule has 2 aromatic rings. The second-order valence-corrected chi connectivity index (χ2v) is 4.93. The van der Waals surface area contributed by atoms with Crippen LogP contribution in [0, 0.1) is 12.7 Å². The number of aromatic nitrogens is 1. The highest BCUT2D eigenvalue weighted by atomic mass is 19.1. The molecule has 0 atom stereocenters. The van der Waals surface area contributed by atoms with Crippen LogP contribution in [0.5, 0.6) is 0 Å². The Balaban J connectivity index is 2.04. The van der Waals surface area contributed by atoms with Crippen LogP contribution in [0.15, 0.2) is 30.3 Å². The molecule has 1 amide bonds. The molecule has 0 spiro atoms. The monoisotopic (exact) mass is 275 g/mol. The number of H-pyrrole nitrogens is 1. The largest absolute Gasteiger partial charge is 0.377 e. The fourth-order valence-corrected chi connectivity index (χ4v) is 1.87. The molecule has 0 saturated heterocycles. The molecule has 0 aliphatic heterocycles. The average molecular weight is 275 g/mol. The summed E-state index contributed by atoms with van der Waals surface area (Å²) >= 11 is 0. The Morgan fingerprint density at radius 1 is 1.30 bits per heavy atom. The first-order valence-electron chi connectivity index (χ1n) is 6.37. The lowest BCUT2D eigenvalue weighted by Gasteiger charge is -2.09. The Labute approximate surface area is 117 Å². The van der Waals surface area contributed by atoms with Crippen LogP contribution in [0.3, 0.4) is 0 Å². The Morgan fingerprint density at radius 3 is 2.75 bits per heavy atom. The van der Waals surface area contributed by atoms with E-state index in [0.29, 0.717) is 17.9 Å². The quantitative estimate of drug-likeness (QED) is 0.901. The van der Waals surface area contributed by atoms with Crippen molar-refractivity contribution in [3.63, 3.8) is 0 Å². The molecular formula is C15H18FN3O. The van der Waals surface area contributed by atoms with Crippen LogP contribution in [-0.4, -0.2) is 29.9 Å². The molecule has 106 valence electrons. The fourth-order valence-electron chi connectivity index (χ4n) is 1.87. The first-order chi connectivity index (χ1) is 9.47. The molecule has 0 fully saturated rings. The number of nitrogens with one attached hydrogen (secondary N) is 2. The Hall–Kier alpha value is -2.30. The van der Waals surface area contributed by atoms with Gasteiger partial charge in [0, 0.05) is 19.8 Å². The van der Waals surface area contributed by atoms with Gasteiger partial charge in [-0.05, 0) is 36.8 Å². The summed E-state index contributed by atoms with van der Waals surface area (Å²) in [6, 6.07) is 8.46. The minimum absolute atomic E-state index is 0.0852. The number of halogens is 1. The second kappa shape index (κ2) is 5.77. The van der Waals surface area contributed by atoms with E-state index >= 15 is 0 Å². The van der Waals surface area contributed by atoms with Crippen molar-refractivity contribution in [3.05, 3.63) is 53.1 Å². The highest BCUT2D eigenvalue weighted by Gasteiger charge is 2.10. The summed E-state index contributed by atoms with van der Waals surface area (Å²) in [6.07, 6.45) is 0. The second-order valence-electron chi connectivity index (χ2n) is 4.93. The highest BCUT2D eigenvalue weighted by Crippen LogP contribution is 2.16. The van der Waals surface area contributed by atoms with Gasteiger partial charge >= 0.3 is 0 Å². The molecule has 0 bridgehead atoms. The van der Waals surface area contributed by atoms with Crippen molar-refractivity contribution in [3.8, 4) is 0 Å². The molecule has 0 aliphatic rings. The Morgan fingerprint density at radius 2 is 2.05 bits per heavy atom. The molecule has 1 aromatic carbocycles. The van der Waals surface area contributed by atoms with Gasteiger partial charge in [0.25, 0.3) is 5.91 Å².